The van der Waals surface area contributed by atoms with E-state index in [1.54, 1.807) is 0 Å². The van der Waals surface area contributed by atoms with Crippen LogP contribution in [0.2, 0.25) is 0 Å². The summed E-state index contributed by atoms with van der Waals surface area (Å²) in [6, 6.07) is 45.3. The normalized spacial score (nSPS) is 13.7. The first kappa shape index (κ1) is 27.0. The largest absolute Gasteiger partial charge is 0.456 e. The predicted octanol–water partition coefficient (Wildman–Crippen LogP) is 11.6. The summed E-state index contributed by atoms with van der Waals surface area (Å²) in [7, 11) is 0. The van der Waals surface area contributed by atoms with Crippen LogP contribution in [0.5, 0.6) is 23.0 Å². The quantitative estimate of drug-likeness (QED) is 0.197. The van der Waals surface area contributed by atoms with Crippen LogP contribution in [0.15, 0.2) is 138 Å². The molecular formula is C43H28N2O3. The van der Waals surface area contributed by atoms with Crippen molar-refractivity contribution in [1.82, 2.24) is 9.97 Å². The van der Waals surface area contributed by atoms with Crippen LogP contribution in [-0.2, 0) is 5.41 Å². The van der Waals surface area contributed by atoms with E-state index in [0.29, 0.717) is 17.3 Å². The van der Waals surface area contributed by atoms with Crippen molar-refractivity contribution in [1.29, 1.82) is 0 Å². The molecule has 0 N–H and O–H groups in total. The van der Waals surface area contributed by atoms with Gasteiger partial charge in [-0.15, -0.1) is 0 Å². The molecule has 2 aromatic heterocycles. The van der Waals surface area contributed by atoms with E-state index in [4.69, 9.17) is 23.9 Å². The molecule has 0 unspecified atom stereocenters. The van der Waals surface area contributed by atoms with Crippen LogP contribution in [-0.4, -0.2) is 9.97 Å². The fourth-order valence-corrected chi connectivity index (χ4v) is 7.33. The maximum Gasteiger partial charge on any atom is 0.178 e. The van der Waals surface area contributed by atoms with Gasteiger partial charge in [0.25, 0.3) is 0 Å². The average molecular weight is 621 g/mol. The number of hydrogen-bond acceptors (Lipinski definition) is 5. The van der Waals surface area contributed by atoms with E-state index in [0.717, 1.165) is 67.1 Å². The minimum atomic E-state index is -0.136. The highest BCUT2D eigenvalue weighted by Gasteiger charge is 2.39. The molecule has 3 heterocycles. The topological polar surface area (TPSA) is 57.4 Å². The summed E-state index contributed by atoms with van der Waals surface area (Å²) < 4.78 is 19.4. The molecule has 5 nitrogen and oxygen atoms in total. The third-order valence-corrected chi connectivity index (χ3v) is 9.77. The van der Waals surface area contributed by atoms with Gasteiger partial charge in [0.1, 0.15) is 11.2 Å². The van der Waals surface area contributed by atoms with E-state index in [2.05, 4.69) is 74.5 Å². The van der Waals surface area contributed by atoms with E-state index in [9.17, 15) is 0 Å². The average Bonchev–Trinajstić information content (AvgIpc) is 3.62. The number of benzene rings is 6. The Hall–Kier alpha value is -6.20. The number of aromatic nitrogens is 2. The van der Waals surface area contributed by atoms with Crippen LogP contribution >= 0.6 is 0 Å². The molecule has 0 spiro atoms. The van der Waals surface area contributed by atoms with Gasteiger partial charge in [0.05, 0.1) is 11.4 Å². The van der Waals surface area contributed by atoms with Crippen molar-refractivity contribution in [2.75, 3.05) is 0 Å². The highest BCUT2D eigenvalue weighted by molar-refractivity contribution is 6.05. The van der Waals surface area contributed by atoms with Crippen LogP contribution in [0.3, 0.4) is 0 Å². The van der Waals surface area contributed by atoms with Crippen molar-refractivity contribution >= 4 is 21.9 Å². The van der Waals surface area contributed by atoms with E-state index < -0.39 is 0 Å². The predicted molar refractivity (Wildman–Crippen MR) is 190 cm³/mol. The van der Waals surface area contributed by atoms with E-state index in [1.165, 1.54) is 16.7 Å². The zero-order valence-corrected chi connectivity index (χ0v) is 26.3. The SMILES string of the molecule is CC1(C)c2ccccc2-c2c1ccc1c2Oc2cc(-c3cc(-c4ccccc4)nc(-c4ccc5c(c4)oc4ccccc45)n3)ccc2O1. The van der Waals surface area contributed by atoms with Crippen LogP contribution in [0.4, 0.5) is 0 Å². The second kappa shape index (κ2) is 9.90. The molecule has 6 aromatic carbocycles. The molecule has 0 atom stereocenters. The fourth-order valence-electron chi connectivity index (χ4n) is 7.33. The maximum atomic E-state index is 6.76. The number of rotatable bonds is 3. The lowest BCUT2D eigenvalue weighted by atomic mass is 9.82. The summed E-state index contributed by atoms with van der Waals surface area (Å²) >= 11 is 0. The van der Waals surface area contributed by atoms with Crippen LogP contribution in [0, 0.1) is 0 Å². The molecule has 0 saturated heterocycles. The Bertz CT molecular complexity index is 2600. The van der Waals surface area contributed by atoms with E-state index >= 15 is 0 Å². The second-order valence-electron chi connectivity index (χ2n) is 13.0. The minimum absolute atomic E-state index is 0.136. The van der Waals surface area contributed by atoms with Gasteiger partial charge in [-0.1, -0.05) is 98.8 Å². The number of furan rings is 1. The number of fused-ring (bicyclic) bond motifs is 9. The monoisotopic (exact) mass is 620 g/mol. The molecule has 0 amide bonds. The Morgan fingerprint density at radius 3 is 2.12 bits per heavy atom. The molecule has 1 aliphatic carbocycles. The first-order chi connectivity index (χ1) is 23.5. The molecule has 0 fully saturated rings. The Morgan fingerprint density at radius 2 is 1.23 bits per heavy atom. The molecule has 5 heteroatoms. The lowest BCUT2D eigenvalue weighted by molar-refractivity contribution is 0.360. The van der Waals surface area contributed by atoms with Gasteiger partial charge >= 0.3 is 0 Å². The summed E-state index contributed by atoms with van der Waals surface area (Å²) in [4.78, 5) is 10.2. The number of nitrogens with zero attached hydrogens (tertiary/aromatic N) is 2. The third-order valence-electron chi connectivity index (χ3n) is 9.77. The van der Waals surface area contributed by atoms with Gasteiger partial charge in [-0.25, -0.2) is 9.97 Å². The zero-order valence-electron chi connectivity index (χ0n) is 26.3. The molecule has 8 aromatic rings. The summed E-state index contributed by atoms with van der Waals surface area (Å²) in [5.41, 5.74) is 10.7. The Kier molecular flexibility index (Phi) is 5.56. The summed E-state index contributed by atoms with van der Waals surface area (Å²) in [5, 5.41) is 2.16. The van der Waals surface area contributed by atoms with Gasteiger partial charge in [0.15, 0.2) is 28.8 Å². The fraction of sp³-hybridized carbons (Fsp3) is 0.0698. The zero-order chi connectivity index (χ0) is 32.0. The summed E-state index contributed by atoms with van der Waals surface area (Å²) in [6.45, 7) is 4.53. The lowest BCUT2D eigenvalue weighted by Crippen LogP contribution is -2.15. The Balaban J connectivity index is 1.10. The standard InChI is InChI=1S/C43H28N2O3/c1-43(2)31-14-8-6-13-30(31)40-32(43)19-21-37-41(40)48-39-22-26(17-20-36(39)47-37)34-24-33(25-10-4-3-5-11-25)44-42(45-34)27-16-18-29-28-12-7-9-15-35(28)46-38(29)23-27/h3-24H,1-2H3. The van der Waals surface area contributed by atoms with Gasteiger partial charge in [-0.05, 0) is 65.2 Å². The number of para-hydroxylation sites is 1. The molecule has 2 aliphatic rings. The summed E-state index contributed by atoms with van der Waals surface area (Å²) in [6.07, 6.45) is 0. The first-order valence-corrected chi connectivity index (χ1v) is 16.1. The van der Waals surface area contributed by atoms with Crippen molar-refractivity contribution in [3.05, 3.63) is 145 Å². The van der Waals surface area contributed by atoms with E-state index in [-0.39, 0.29) is 5.41 Å². The molecule has 228 valence electrons. The second-order valence-corrected chi connectivity index (χ2v) is 13.0. The number of hydrogen-bond donors (Lipinski definition) is 0. The van der Waals surface area contributed by atoms with Crippen LogP contribution in [0.1, 0.15) is 25.0 Å². The molecule has 10 rings (SSSR count). The van der Waals surface area contributed by atoms with Gasteiger partial charge < -0.3 is 13.9 Å². The highest BCUT2D eigenvalue weighted by atomic mass is 16.6. The van der Waals surface area contributed by atoms with Crippen LogP contribution < -0.4 is 9.47 Å². The first-order valence-electron chi connectivity index (χ1n) is 16.1. The molecule has 0 bridgehead atoms. The van der Waals surface area contributed by atoms with Crippen LogP contribution in [0.25, 0.3) is 67.0 Å². The third kappa shape index (κ3) is 3.97. The van der Waals surface area contributed by atoms with Crippen molar-refractivity contribution < 1.29 is 13.9 Å². The Morgan fingerprint density at radius 1 is 0.500 bits per heavy atom. The molecular weight excluding hydrogens is 592 g/mol. The maximum absolute atomic E-state index is 6.76. The van der Waals surface area contributed by atoms with Gasteiger partial charge in [-0.2, -0.15) is 0 Å². The smallest absolute Gasteiger partial charge is 0.178 e. The lowest BCUT2D eigenvalue weighted by Gasteiger charge is -2.25. The van der Waals surface area contributed by atoms with Gasteiger partial charge in [0, 0.05) is 38.4 Å². The van der Waals surface area contributed by atoms with Crippen molar-refractivity contribution in [2.24, 2.45) is 0 Å². The highest BCUT2D eigenvalue weighted by Crippen LogP contribution is 2.58. The van der Waals surface area contributed by atoms with Crippen molar-refractivity contribution in [3.8, 4) is 68.0 Å². The molecule has 1 aliphatic heterocycles. The van der Waals surface area contributed by atoms with Gasteiger partial charge in [0.2, 0.25) is 0 Å². The van der Waals surface area contributed by atoms with E-state index in [1.807, 2.05) is 72.8 Å². The molecule has 0 radical (unpaired) electrons. The molecule has 48 heavy (non-hydrogen) atoms. The number of ether oxygens (including phenoxy) is 2. The molecule has 0 saturated carbocycles. The Labute approximate surface area is 277 Å². The van der Waals surface area contributed by atoms with Crippen molar-refractivity contribution in [3.63, 3.8) is 0 Å². The van der Waals surface area contributed by atoms with Gasteiger partial charge in [-0.3, -0.25) is 0 Å². The minimum Gasteiger partial charge on any atom is -0.456 e. The van der Waals surface area contributed by atoms with Crippen molar-refractivity contribution in [2.45, 2.75) is 19.3 Å². The summed E-state index contributed by atoms with van der Waals surface area (Å²) in [5.74, 6) is 3.41.